The number of aliphatic hydroxyl groups is 1. The van der Waals surface area contributed by atoms with Crippen molar-refractivity contribution in [1.82, 2.24) is 24.2 Å². The number of fused-ring (bicyclic) bond motifs is 1. The van der Waals surface area contributed by atoms with Crippen LogP contribution in [0.1, 0.15) is 28.2 Å². The van der Waals surface area contributed by atoms with Gasteiger partial charge in [0.1, 0.15) is 23.1 Å². The van der Waals surface area contributed by atoms with E-state index in [1.54, 1.807) is 27.8 Å². The number of aromatic nitrogens is 4. The number of halogens is 4. The predicted octanol–water partition coefficient (Wildman–Crippen LogP) is 4.84. The van der Waals surface area contributed by atoms with Crippen LogP contribution in [0.2, 0.25) is 5.02 Å². The van der Waals surface area contributed by atoms with Crippen molar-refractivity contribution >= 4 is 29.1 Å². The van der Waals surface area contributed by atoms with Gasteiger partial charge >= 0.3 is 6.55 Å². The van der Waals surface area contributed by atoms with E-state index >= 15 is 0 Å². The van der Waals surface area contributed by atoms with Gasteiger partial charge in [-0.05, 0) is 35.4 Å². The number of hydrogen-bond acceptors (Lipinski definition) is 6. The SMILES string of the molecule is COCC1Cn2cc(-c3cc(Nc4ccnn4C(F)F)ncc3Cl)cc2C(=O)N1Cc1cc(F)ccc1CO. The van der Waals surface area contributed by atoms with Gasteiger partial charge in [-0.15, -0.1) is 0 Å². The molecule has 3 aromatic heterocycles. The Balaban J connectivity index is 1.47. The van der Waals surface area contributed by atoms with Gasteiger partial charge in [0.05, 0.1) is 30.5 Å². The highest BCUT2D eigenvalue weighted by Gasteiger charge is 2.34. The van der Waals surface area contributed by atoms with E-state index in [1.165, 1.54) is 43.8 Å². The monoisotopic (exact) mass is 560 g/mol. The van der Waals surface area contributed by atoms with Gasteiger partial charge in [-0.1, -0.05) is 17.7 Å². The summed E-state index contributed by atoms with van der Waals surface area (Å²) in [4.78, 5) is 19.4. The summed E-state index contributed by atoms with van der Waals surface area (Å²) in [5.74, 6) is -0.454. The molecule has 1 atom stereocenters. The van der Waals surface area contributed by atoms with E-state index in [4.69, 9.17) is 16.3 Å². The lowest BCUT2D eigenvalue weighted by Crippen LogP contribution is -2.49. The van der Waals surface area contributed by atoms with E-state index in [0.717, 1.165) is 0 Å². The van der Waals surface area contributed by atoms with Gasteiger partial charge < -0.3 is 24.6 Å². The summed E-state index contributed by atoms with van der Waals surface area (Å²) in [6, 6.07) is 8.39. The molecule has 0 aliphatic carbocycles. The molecule has 39 heavy (non-hydrogen) atoms. The van der Waals surface area contributed by atoms with Crippen molar-refractivity contribution < 1.29 is 27.8 Å². The first-order valence-corrected chi connectivity index (χ1v) is 12.3. The summed E-state index contributed by atoms with van der Waals surface area (Å²) in [5.41, 5.74) is 2.57. The first kappa shape index (κ1) is 26.7. The maximum absolute atomic E-state index is 14.0. The van der Waals surface area contributed by atoms with Crippen molar-refractivity contribution in [2.75, 3.05) is 19.0 Å². The summed E-state index contributed by atoms with van der Waals surface area (Å²) in [6.45, 7) is -2.39. The molecule has 1 aliphatic heterocycles. The third kappa shape index (κ3) is 5.35. The number of anilines is 2. The van der Waals surface area contributed by atoms with Crippen molar-refractivity contribution in [2.24, 2.45) is 0 Å². The summed E-state index contributed by atoms with van der Waals surface area (Å²) < 4.78 is 48.1. The molecule has 0 spiro atoms. The largest absolute Gasteiger partial charge is 0.392 e. The number of hydrogen-bond donors (Lipinski definition) is 2. The number of methoxy groups -OCH3 is 1. The number of rotatable bonds is 9. The molecule has 1 amide bonds. The number of ether oxygens (including phenoxy) is 1. The predicted molar refractivity (Wildman–Crippen MR) is 137 cm³/mol. The molecule has 5 rings (SSSR count). The average molecular weight is 561 g/mol. The van der Waals surface area contributed by atoms with Crippen LogP contribution < -0.4 is 5.32 Å². The second-order valence-electron chi connectivity index (χ2n) is 8.99. The van der Waals surface area contributed by atoms with Crippen LogP contribution in [-0.4, -0.2) is 55.0 Å². The number of aliphatic hydroxyl groups excluding tert-OH is 1. The minimum Gasteiger partial charge on any atom is -0.392 e. The first-order chi connectivity index (χ1) is 18.8. The van der Waals surface area contributed by atoms with Crippen molar-refractivity contribution in [3.63, 3.8) is 0 Å². The fourth-order valence-electron chi connectivity index (χ4n) is 4.67. The van der Waals surface area contributed by atoms with E-state index in [-0.39, 0.29) is 43.3 Å². The minimum atomic E-state index is -2.83. The highest BCUT2D eigenvalue weighted by molar-refractivity contribution is 6.33. The van der Waals surface area contributed by atoms with Gasteiger partial charge in [-0.25, -0.2) is 9.37 Å². The number of nitrogens with one attached hydrogen (secondary N) is 1. The van der Waals surface area contributed by atoms with Gasteiger partial charge in [0.2, 0.25) is 0 Å². The summed E-state index contributed by atoms with van der Waals surface area (Å²) in [6.07, 6.45) is 4.42. The zero-order chi connectivity index (χ0) is 27.7. The average Bonchev–Trinajstić information content (AvgIpc) is 3.55. The lowest BCUT2D eigenvalue weighted by atomic mass is 10.0. The summed E-state index contributed by atoms with van der Waals surface area (Å²) in [7, 11) is 1.53. The van der Waals surface area contributed by atoms with E-state index in [9.17, 15) is 23.1 Å². The fourth-order valence-corrected chi connectivity index (χ4v) is 4.88. The van der Waals surface area contributed by atoms with Crippen molar-refractivity contribution in [3.05, 3.63) is 82.6 Å². The Hall–Kier alpha value is -3.87. The van der Waals surface area contributed by atoms with E-state index in [2.05, 4.69) is 15.4 Å². The van der Waals surface area contributed by atoms with Crippen LogP contribution in [0.4, 0.5) is 24.8 Å². The number of carbonyl (C=O) groups excluding carboxylic acids is 1. The van der Waals surface area contributed by atoms with Crippen LogP contribution in [0.5, 0.6) is 0 Å². The molecule has 0 fully saturated rings. The quantitative estimate of drug-likeness (QED) is 0.304. The van der Waals surface area contributed by atoms with E-state index in [1.807, 2.05) is 0 Å². The smallest absolute Gasteiger partial charge is 0.335 e. The van der Waals surface area contributed by atoms with Crippen LogP contribution in [0.25, 0.3) is 11.1 Å². The Morgan fingerprint density at radius 3 is 2.79 bits per heavy atom. The minimum absolute atomic E-state index is 0.0507. The molecule has 1 unspecified atom stereocenters. The Morgan fingerprint density at radius 1 is 1.23 bits per heavy atom. The Labute approximate surface area is 226 Å². The summed E-state index contributed by atoms with van der Waals surface area (Å²) in [5, 5.41) is 16.4. The lowest BCUT2D eigenvalue weighted by Gasteiger charge is -2.36. The molecule has 1 aromatic carbocycles. The second kappa shape index (κ2) is 11.1. The topological polar surface area (TPSA) is 97.4 Å². The van der Waals surface area contributed by atoms with Gasteiger partial charge in [-0.3, -0.25) is 4.79 Å². The van der Waals surface area contributed by atoms with Crippen molar-refractivity contribution in [1.29, 1.82) is 0 Å². The van der Waals surface area contributed by atoms with Crippen LogP contribution in [0, 0.1) is 5.82 Å². The maximum Gasteiger partial charge on any atom is 0.335 e. The van der Waals surface area contributed by atoms with Crippen molar-refractivity contribution in [3.8, 4) is 11.1 Å². The molecule has 1 aliphatic rings. The Morgan fingerprint density at radius 2 is 2.05 bits per heavy atom. The normalized spacial score (nSPS) is 15.2. The highest BCUT2D eigenvalue weighted by atomic mass is 35.5. The number of benzene rings is 1. The van der Waals surface area contributed by atoms with Crippen LogP contribution >= 0.6 is 11.6 Å². The maximum atomic E-state index is 14.0. The number of pyridine rings is 1. The molecule has 9 nitrogen and oxygen atoms in total. The van der Waals surface area contributed by atoms with E-state index in [0.29, 0.717) is 44.2 Å². The standard InChI is InChI=1S/C26H24ClF3N6O3/c1-39-14-19-12-34-10-17(7-22(34)25(38)35(19)11-16-6-18(28)3-2-15(16)13-37)20-8-23(31-9-21(20)27)33-24-4-5-32-36(24)26(29)30/h2-10,19,26,37H,11-14H2,1H3,(H,31,33). The van der Waals surface area contributed by atoms with Gasteiger partial charge in [0.25, 0.3) is 5.91 Å². The first-order valence-electron chi connectivity index (χ1n) is 11.9. The molecule has 0 radical (unpaired) electrons. The molecule has 13 heteroatoms. The molecule has 0 saturated carbocycles. The molecular weight excluding hydrogens is 537 g/mol. The third-order valence-electron chi connectivity index (χ3n) is 6.54. The number of nitrogens with zero attached hydrogens (tertiary/aromatic N) is 5. The molecule has 2 N–H and O–H groups in total. The molecular formula is C26H24ClF3N6O3. The zero-order valence-corrected chi connectivity index (χ0v) is 21.4. The number of amides is 1. The van der Waals surface area contributed by atoms with Crippen LogP contribution in [0.3, 0.4) is 0 Å². The Kier molecular flexibility index (Phi) is 7.60. The van der Waals surface area contributed by atoms with Crippen LogP contribution in [0.15, 0.2) is 55.0 Å². The van der Waals surface area contributed by atoms with Crippen molar-refractivity contribution in [2.45, 2.75) is 32.3 Å². The summed E-state index contributed by atoms with van der Waals surface area (Å²) >= 11 is 6.45. The van der Waals surface area contributed by atoms with Gasteiger partial charge in [0, 0.05) is 49.8 Å². The third-order valence-corrected chi connectivity index (χ3v) is 6.84. The molecule has 204 valence electrons. The molecule has 4 heterocycles. The highest BCUT2D eigenvalue weighted by Crippen LogP contribution is 2.34. The van der Waals surface area contributed by atoms with Gasteiger partial charge in [0.15, 0.2) is 0 Å². The van der Waals surface area contributed by atoms with Crippen LogP contribution in [-0.2, 0) is 24.4 Å². The lowest BCUT2D eigenvalue weighted by molar-refractivity contribution is 0.0386. The number of alkyl halides is 2. The number of carbonyl (C=O) groups is 1. The molecule has 0 bridgehead atoms. The van der Waals surface area contributed by atoms with E-state index < -0.39 is 12.4 Å². The second-order valence-corrected chi connectivity index (χ2v) is 9.40. The zero-order valence-electron chi connectivity index (χ0n) is 20.7. The fraction of sp³-hybridized carbons (Fsp3) is 0.269. The Bertz CT molecular complexity index is 1510. The van der Waals surface area contributed by atoms with Gasteiger partial charge in [-0.2, -0.15) is 18.6 Å². The molecule has 0 saturated heterocycles. The molecule has 4 aromatic rings.